The quantitative estimate of drug-likeness (QED) is 0.554. The van der Waals surface area contributed by atoms with Crippen LogP contribution in [-0.2, 0) is 9.59 Å². The van der Waals surface area contributed by atoms with Crippen LogP contribution in [0.2, 0.25) is 0 Å². The van der Waals surface area contributed by atoms with Crippen molar-refractivity contribution >= 4 is 34.6 Å². The number of H-pyrrole nitrogens is 1. The molecule has 2 heterocycles. The lowest BCUT2D eigenvalue weighted by molar-refractivity contribution is -0.126. The fourth-order valence-electron chi connectivity index (χ4n) is 3.31. The van der Waals surface area contributed by atoms with E-state index in [9.17, 15) is 9.59 Å². The molecule has 1 aliphatic rings. The zero-order chi connectivity index (χ0) is 18.8. The SMILES string of the molecule is Cc1ccc(N2C[C@@H](C(=O)N/N=C\c3c[nH]c4ccccc34)CC2=O)cc1. The number of hydrazone groups is 1. The molecule has 0 spiro atoms. The van der Waals surface area contributed by atoms with Gasteiger partial charge in [0, 0.05) is 41.3 Å². The van der Waals surface area contributed by atoms with Crippen LogP contribution >= 0.6 is 0 Å². The maximum atomic E-state index is 12.4. The van der Waals surface area contributed by atoms with Gasteiger partial charge < -0.3 is 9.88 Å². The van der Waals surface area contributed by atoms with Crippen LogP contribution in [0.5, 0.6) is 0 Å². The highest BCUT2D eigenvalue weighted by Gasteiger charge is 2.35. The first kappa shape index (κ1) is 17.0. The van der Waals surface area contributed by atoms with Crippen molar-refractivity contribution < 1.29 is 9.59 Å². The Morgan fingerprint density at radius 2 is 2.00 bits per heavy atom. The van der Waals surface area contributed by atoms with Crippen molar-refractivity contribution in [1.29, 1.82) is 0 Å². The van der Waals surface area contributed by atoms with Crippen molar-refractivity contribution in [1.82, 2.24) is 10.4 Å². The molecular formula is C21H20N4O2. The molecule has 6 heteroatoms. The van der Waals surface area contributed by atoms with Gasteiger partial charge in [0.05, 0.1) is 12.1 Å². The molecule has 0 aliphatic carbocycles. The third kappa shape index (κ3) is 3.46. The zero-order valence-electron chi connectivity index (χ0n) is 15.0. The fraction of sp³-hybridized carbons (Fsp3) is 0.190. The van der Waals surface area contributed by atoms with E-state index in [2.05, 4.69) is 15.5 Å². The number of fused-ring (bicyclic) bond motifs is 1. The number of aromatic nitrogens is 1. The summed E-state index contributed by atoms with van der Waals surface area (Å²) in [5, 5.41) is 5.11. The van der Waals surface area contributed by atoms with Crippen LogP contribution in [0.4, 0.5) is 5.69 Å². The Bertz CT molecular complexity index is 1020. The minimum atomic E-state index is -0.404. The van der Waals surface area contributed by atoms with Gasteiger partial charge in [-0.2, -0.15) is 5.10 Å². The van der Waals surface area contributed by atoms with E-state index < -0.39 is 5.92 Å². The number of aromatic amines is 1. The lowest BCUT2D eigenvalue weighted by Crippen LogP contribution is -2.30. The second kappa shape index (κ2) is 7.07. The molecule has 0 radical (unpaired) electrons. The highest BCUT2D eigenvalue weighted by atomic mass is 16.2. The number of carbonyl (C=O) groups is 2. The van der Waals surface area contributed by atoms with Gasteiger partial charge in [-0.15, -0.1) is 0 Å². The molecule has 2 N–H and O–H groups in total. The Labute approximate surface area is 156 Å². The molecule has 0 saturated carbocycles. The molecule has 27 heavy (non-hydrogen) atoms. The summed E-state index contributed by atoms with van der Waals surface area (Å²) in [6.45, 7) is 2.37. The first-order chi connectivity index (χ1) is 13.1. The Morgan fingerprint density at radius 1 is 1.22 bits per heavy atom. The van der Waals surface area contributed by atoms with Gasteiger partial charge in [-0.25, -0.2) is 5.43 Å². The Hall–Kier alpha value is -3.41. The predicted octanol–water partition coefficient (Wildman–Crippen LogP) is 2.98. The largest absolute Gasteiger partial charge is 0.361 e. The molecule has 1 fully saturated rings. The van der Waals surface area contributed by atoms with Crippen molar-refractivity contribution in [3.8, 4) is 0 Å². The van der Waals surface area contributed by atoms with Gasteiger partial charge in [-0.1, -0.05) is 35.9 Å². The van der Waals surface area contributed by atoms with E-state index in [1.54, 1.807) is 11.1 Å². The zero-order valence-corrected chi connectivity index (χ0v) is 15.0. The maximum absolute atomic E-state index is 12.4. The van der Waals surface area contributed by atoms with Crippen LogP contribution in [0.3, 0.4) is 0 Å². The van der Waals surface area contributed by atoms with Gasteiger partial charge in [-0.3, -0.25) is 9.59 Å². The summed E-state index contributed by atoms with van der Waals surface area (Å²) >= 11 is 0. The third-order valence-corrected chi connectivity index (χ3v) is 4.84. The molecule has 6 nitrogen and oxygen atoms in total. The molecular weight excluding hydrogens is 340 g/mol. The fourth-order valence-corrected chi connectivity index (χ4v) is 3.31. The van der Waals surface area contributed by atoms with Crippen molar-refractivity contribution in [2.24, 2.45) is 11.0 Å². The number of nitrogens with one attached hydrogen (secondary N) is 2. The van der Waals surface area contributed by atoms with Crippen LogP contribution in [0.25, 0.3) is 10.9 Å². The van der Waals surface area contributed by atoms with Gasteiger partial charge in [0.15, 0.2) is 0 Å². The summed E-state index contributed by atoms with van der Waals surface area (Å²) in [5.74, 6) is -0.687. The number of para-hydroxylation sites is 1. The lowest BCUT2D eigenvalue weighted by atomic mass is 10.1. The first-order valence-electron chi connectivity index (χ1n) is 8.88. The average molecular weight is 360 g/mol. The molecule has 1 saturated heterocycles. The number of hydrogen-bond acceptors (Lipinski definition) is 3. The first-order valence-corrected chi connectivity index (χ1v) is 8.88. The highest BCUT2D eigenvalue weighted by Crippen LogP contribution is 2.25. The van der Waals surface area contributed by atoms with E-state index in [0.29, 0.717) is 6.54 Å². The molecule has 136 valence electrons. The summed E-state index contributed by atoms with van der Waals surface area (Å²) in [5.41, 5.74) is 6.43. The Kier molecular flexibility index (Phi) is 4.46. The number of benzene rings is 2. The molecule has 0 bridgehead atoms. The van der Waals surface area contributed by atoms with Crippen LogP contribution in [0, 0.1) is 12.8 Å². The predicted molar refractivity (Wildman–Crippen MR) is 106 cm³/mol. The number of anilines is 1. The van der Waals surface area contributed by atoms with E-state index in [4.69, 9.17) is 0 Å². The van der Waals surface area contributed by atoms with Crippen LogP contribution in [-0.4, -0.2) is 29.6 Å². The van der Waals surface area contributed by atoms with Gasteiger partial charge in [0.2, 0.25) is 11.8 Å². The van der Waals surface area contributed by atoms with E-state index in [-0.39, 0.29) is 18.2 Å². The summed E-state index contributed by atoms with van der Waals surface area (Å²) < 4.78 is 0. The molecule has 2 aromatic carbocycles. The second-order valence-electron chi connectivity index (χ2n) is 6.76. The van der Waals surface area contributed by atoms with Crippen LogP contribution in [0.15, 0.2) is 59.8 Å². The normalized spacial score (nSPS) is 17.1. The van der Waals surface area contributed by atoms with E-state index in [1.165, 1.54) is 0 Å². The average Bonchev–Trinajstić information content (AvgIpc) is 3.26. The maximum Gasteiger partial charge on any atom is 0.245 e. The lowest BCUT2D eigenvalue weighted by Gasteiger charge is -2.16. The Morgan fingerprint density at radius 3 is 2.81 bits per heavy atom. The van der Waals surface area contributed by atoms with E-state index >= 15 is 0 Å². The number of amides is 2. The summed E-state index contributed by atoms with van der Waals surface area (Å²) in [6.07, 6.45) is 3.66. The number of nitrogens with zero attached hydrogens (tertiary/aromatic N) is 2. The summed E-state index contributed by atoms with van der Waals surface area (Å²) in [4.78, 5) is 29.5. The summed E-state index contributed by atoms with van der Waals surface area (Å²) in [6, 6.07) is 15.6. The van der Waals surface area contributed by atoms with Gasteiger partial charge in [-0.05, 0) is 25.1 Å². The van der Waals surface area contributed by atoms with E-state index in [1.807, 2.05) is 61.7 Å². The Balaban J connectivity index is 1.40. The minimum absolute atomic E-state index is 0.0420. The highest BCUT2D eigenvalue weighted by molar-refractivity contribution is 6.01. The number of hydrogen-bond donors (Lipinski definition) is 2. The molecule has 4 rings (SSSR count). The number of aryl methyl sites for hydroxylation is 1. The van der Waals surface area contributed by atoms with E-state index in [0.717, 1.165) is 27.7 Å². The van der Waals surface area contributed by atoms with Gasteiger partial charge in [0.25, 0.3) is 0 Å². The minimum Gasteiger partial charge on any atom is -0.361 e. The number of rotatable bonds is 4. The third-order valence-electron chi connectivity index (χ3n) is 4.84. The van der Waals surface area contributed by atoms with Crippen LogP contribution in [0.1, 0.15) is 17.5 Å². The molecule has 3 aromatic rings. The van der Waals surface area contributed by atoms with Gasteiger partial charge in [0.1, 0.15) is 0 Å². The van der Waals surface area contributed by atoms with Gasteiger partial charge >= 0.3 is 0 Å². The molecule has 1 aliphatic heterocycles. The van der Waals surface area contributed by atoms with Crippen molar-refractivity contribution in [2.75, 3.05) is 11.4 Å². The molecule has 2 amide bonds. The van der Waals surface area contributed by atoms with Crippen molar-refractivity contribution in [3.05, 3.63) is 65.9 Å². The monoisotopic (exact) mass is 360 g/mol. The van der Waals surface area contributed by atoms with Crippen LogP contribution < -0.4 is 10.3 Å². The topological polar surface area (TPSA) is 77.6 Å². The summed E-state index contributed by atoms with van der Waals surface area (Å²) in [7, 11) is 0. The standard InChI is InChI=1S/C21H20N4O2/c1-14-6-8-17(9-7-14)25-13-15(10-20(25)26)21(27)24-23-12-16-11-22-19-5-3-2-4-18(16)19/h2-9,11-12,15,22H,10,13H2,1H3,(H,24,27)/b23-12-/t15-/m0/s1. The molecule has 1 aromatic heterocycles. The second-order valence-corrected chi connectivity index (χ2v) is 6.76. The number of carbonyl (C=O) groups excluding carboxylic acids is 2. The smallest absolute Gasteiger partial charge is 0.245 e. The molecule has 1 atom stereocenters. The van der Waals surface area contributed by atoms with Crippen molar-refractivity contribution in [2.45, 2.75) is 13.3 Å². The molecule has 0 unspecified atom stereocenters. The van der Waals surface area contributed by atoms with Crippen molar-refractivity contribution in [3.63, 3.8) is 0 Å².